The molecule has 0 spiro atoms. The number of nitrogens with one attached hydrogen (secondary N) is 2. The van der Waals surface area contributed by atoms with E-state index in [-0.39, 0.29) is 6.42 Å². The number of aliphatic imine (C=N–C) groups is 1. The lowest BCUT2D eigenvalue weighted by Gasteiger charge is -2.20. The summed E-state index contributed by atoms with van der Waals surface area (Å²) in [6.07, 6.45) is -0.804. The van der Waals surface area contributed by atoms with Crippen molar-refractivity contribution in [1.82, 2.24) is 25.6 Å². The fourth-order valence-corrected chi connectivity index (χ4v) is 5.12. The number of hydrogen-bond acceptors (Lipinski definition) is 7. The molecule has 1 aliphatic heterocycles. The molecule has 1 atom stereocenters. The molecule has 3 heterocycles. The average Bonchev–Trinajstić information content (AvgIpc) is 3.24. The zero-order valence-corrected chi connectivity index (χ0v) is 22.0. The SMILES string of the molecule is Cc1sc2c(c1C)C(c1ccc(Cl)cc1)=N[C@@H](CC(=O)NNC(=O)OC(C)(C)C)c1nnc(C)n1-2. The Morgan fingerprint density at radius 2 is 1.80 bits per heavy atom. The van der Waals surface area contributed by atoms with E-state index in [9.17, 15) is 9.59 Å². The van der Waals surface area contributed by atoms with E-state index in [4.69, 9.17) is 21.3 Å². The van der Waals surface area contributed by atoms with Gasteiger partial charge in [0.15, 0.2) is 5.82 Å². The molecule has 0 radical (unpaired) electrons. The smallest absolute Gasteiger partial charge is 0.426 e. The molecule has 2 N–H and O–H groups in total. The fraction of sp³-hybridized carbons (Fsp3) is 0.375. The van der Waals surface area contributed by atoms with Crippen molar-refractivity contribution < 1.29 is 14.3 Å². The minimum absolute atomic E-state index is 0.0575. The van der Waals surface area contributed by atoms with E-state index in [1.807, 2.05) is 35.8 Å². The van der Waals surface area contributed by atoms with E-state index >= 15 is 0 Å². The van der Waals surface area contributed by atoms with Gasteiger partial charge in [-0.1, -0.05) is 23.7 Å². The van der Waals surface area contributed by atoms with Crippen LogP contribution >= 0.6 is 22.9 Å². The summed E-state index contributed by atoms with van der Waals surface area (Å²) in [6.45, 7) is 11.2. The Kier molecular flexibility index (Phi) is 6.70. The summed E-state index contributed by atoms with van der Waals surface area (Å²) in [5, 5.41) is 10.2. The van der Waals surface area contributed by atoms with Crippen LogP contribution in [0.4, 0.5) is 4.79 Å². The number of carbonyl (C=O) groups is 2. The number of hydrazine groups is 1. The van der Waals surface area contributed by atoms with Gasteiger partial charge in [0.1, 0.15) is 22.5 Å². The summed E-state index contributed by atoms with van der Waals surface area (Å²) >= 11 is 7.77. The molecule has 0 saturated heterocycles. The fourth-order valence-electron chi connectivity index (χ4n) is 3.78. The molecule has 4 rings (SSSR count). The second-order valence-electron chi connectivity index (χ2n) is 9.28. The number of carbonyl (C=O) groups excluding carboxylic acids is 2. The predicted molar refractivity (Wildman–Crippen MR) is 135 cm³/mol. The molecule has 0 saturated carbocycles. The first-order chi connectivity index (χ1) is 16.4. The highest BCUT2D eigenvalue weighted by molar-refractivity contribution is 7.15. The average molecular weight is 515 g/mol. The van der Waals surface area contributed by atoms with E-state index in [2.05, 4.69) is 34.9 Å². The van der Waals surface area contributed by atoms with Gasteiger partial charge in [-0.2, -0.15) is 0 Å². The Balaban J connectivity index is 1.72. The standard InChI is InChI=1S/C24H27ClN6O3S/c1-12-13(2)35-22-19(12)20(15-7-9-16(25)10-8-15)26-17(21-29-27-14(3)31(21)22)11-18(32)28-30-23(33)34-24(4,5)6/h7-10,17H,11H2,1-6H3,(H,28,32)(H,30,33)/t17-/m0/s1. The number of amides is 2. The third-order valence-corrected chi connectivity index (χ3v) is 6.88. The Bertz CT molecular complexity index is 1320. The number of aromatic nitrogens is 3. The molecular formula is C24H27ClN6O3S. The summed E-state index contributed by atoms with van der Waals surface area (Å²) in [7, 11) is 0. The van der Waals surface area contributed by atoms with Crippen LogP contribution in [0.1, 0.15) is 66.5 Å². The molecule has 0 fully saturated rings. The first kappa shape index (κ1) is 24.9. The van der Waals surface area contributed by atoms with Crippen LogP contribution < -0.4 is 10.9 Å². The molecule has 0 aliphatic carbocycles. The van der Waals surface area contributed by atoms with Crippen molar-refractivity contribution in [2.45, 2.75) is 59.6 Å². The Morgan fingerprint density at radius 1 is 1.11 bits per heavy atom. The lowest BCUT2D eigenvalue weighted by Crippen LogP contribution is -2.44. The van der Waals surface area contributed by atoms with Crippen molar-refractivity contribution in [3.8, 4) is 5.00 Å². The van der Waals surface area contributed by atoms with E-state index in [0.717, 1.165) is 32.3 Å². The molecule has 0 bridgehead atoms. The van der Waals surface area contributed by atoms with Gasteiger partial charge in [-0.15, -0.1) is 21.5 Å². The maximum atomic E-state index is 12.8. The molecule has 2 amide bonds. The highest BCUT2D eigenvalue weighted by Crippen LogP contribution is 2.39. The predicted octanol–water partition coefficient (Wildman–Crippen LogP) is 4.75. The number of ether oxygens (including phenoxy) is 1. The van der Waals surface area contributed by atoms with Crippen LogP contribution in [-0.2, 0) is 9.53 Å². The van der Waals surface area contributed by atoms with Gasteiger partial charge >= 0.3 is 6.09 Å². The van der Waals surface area contributed by atoms with Crippen molar-refractivity contribution in [2.24, 2.45) is 4.99 Å². The second kappa shape index (κ2) is 9.43. The summed E-state index contributed by atoms with van der Waals surface area (Å²) < 4.78 is 7.13. The Morgan fingerprint density at radius 3 is 2.46 bits per heavy atom. The largest absolute Gasteiger partial charge is 0.443 e. The van der Waals surface area contributed by atoms with Crippen LogP contribution in [0.5, 0.6) is 0 Å². The molecule has 1 aromatic carbocycles. The number of rotatable bonds is 3. The molecule has 35 heavy (non-hydrogen) atoms. The van der Waals surface area contributed by atoms with Gasteiger partial charge in [-0.3, -0.25) is 19.8 Å². The van der Waals surface area contributed by atoms with Gasteiger partial charge in [-0.05, 0) is 59.2 Å². The molecule has 11 heteroatoms. The van der Waals surface area contributed by atoms with Gasteiger partial charge in [0, 0.05) is 21.0 Å². The lowest BCUT2D eigenvalue weighted by molar-refractivity contribution is -0.122. The molecule has 3 aromatic rings. The summed E-state index contributed by atoms with van der Waals surface area (Å²) in [5.41, 5.74) is 7.72. The second-order valence-corrected chi connectivity index (χ2v) is 10.9. The Labute approximate surface area is 212 Å². The number of fused-ring (bicyclic) bond motifs is 3. The van der Waals surface area contributed by atoms with Gasteiger partial charge in [0.25, 0.3) is 0 Å². The zero-order chi connectivity index (χ0) is 25.5. The molecule has 0 unspecified atom stereocenters. The van der Waals surface area contributed by atoms with Crippen LogP contribution in [0.2, 0.25) is 5.02 Å². The number of halogens is 1. The quantitative estimate of drug-likeness (QED) is 0.490. The van der Waals surface area contributed by atoms with Crippen LogP contribution in [0.3, 0.4) is 0 Å². The normalized spacial score (nSPS) is 14.9. The van der Waals surface area contributed by atoms with Crippen LogP contribution in [-0.4, -0.2) is 38.1 Å². The highest BCUT2D eigenvalue weighted by atomic mass is 35.5. The van der Waals surface area contributed by atoms with Crippen LogP contribution in [0.15, 0.2) is 29.3 Å². The number of thiophene rings is 1. The number of hydrogen-bond donors (Lipinski definition) is 2. The molecular weight excluding hydrogens is 488 g/mol. The van der Waals surface area contributed by atoms with Crippen molar-refractivity contribution in [3.05, 3.63) is 62.5 Å². The minimum Gasteiger partial charge on any atom is -0.443 e. The summed E-state index contributed by atoms with van der Waals surface area (Å²) in [4.78, 5) is 30.9. The molecule has 1 aliphatic rings. The molecule has 9 nitrogen and oxygen atoms in total. The van der Waals surface area contributed by atoms with Gasteiger partial charge in [0.05, 0.1) is 12.1 Å². The maximum Gasteiger partial charge on any atom is 0.426 e. The third kappa shape index (κ3) is 5.23. The lowest BCUT2D eigenvalue weighted by atomic mass is 9.99. The maximum absolute atomic E-state index is 12.8. The Hall–Kier alpha value is -3.24. The zero-order valence-electron chi connectivity index (χ0n) is 20.4. The van der Waals surface area contributed by atoms with E-state index in [1.165, 1.54) is 0 Å². The highest BCUT2D eigenvalue weighted by Gasteiger charge is 2.32. The van der Waals surface area contributed by atoms with Gasteiger partial charge in [-0.25, -0.2) is 10.2 Å². The first-order valence-electron chi connectivity index (χ1n) is 11.1. The van der Waals surface area contributed by atoms with Crippen molar-refractivity contribution in [1.29, 1.82) is 0 Å². The molecule has 184 valence electrons. The summed E-state index contributed by atoms with van der Waals surface area (Å²) in [5.74, 6) is 0.819. The van der Waals surface area contributed by atoms with Crippen LogP contribution in [0, 0.1) is 20.8 Å². The molecule has 2 aromatic heterocycles. The summed E-state index contributed by atoms with van der Waals surface area (Å²) in [6, 6.07) is 6.82. The number of benzene rings is 1. The minimum atomic E-state index is -0.746. The topological polar surface area (TPSA) is 110 Å². The van der Waals surface area contributed by atoms with Crippen molar-refractivity contribution in [2.75, 3.05) is 0 Å². The van der Waals surface area contributed by atoms with Crippen molar-refractivity contribution >= 4 is 40.6 Å². The monoisotopic (exact) mass is 514 g/mol. The van der Waals surface area contributed by atoms with E-state index in [1.54, 1.807) is 32.1 Å². The van der Waals surface area contributed by atoms with Crippen LogP contribution in [0.25, 0.3) is 5.00 Å². The van der Waals surface area contributed by atoms with Gasteiger partial charge < -0.3 is 4.74 Å². The van der Waals surface area contributed by atoms with Crippen molar-refractivity contribution in [3.63, 3.8) is 0 Å². The third-order valence-electron chi connectivity index (χ3n) is 5.44. The van der Waals surface area contributed by atoms with E-state index < -0.39 is 23.6 Å². The van der Waals surface area contributed by atoms with E-state index in [0.29, 0.717) is 16.7 Å². The number of aryl methyl sites for hydroxylation is 2. The van der Waals surface area contributed by atoms with Gasteiger partial charge in [0.2, 0.25) is 5.91 Å². The first-order valence-corrected chi connectivity index (χ1v) is 12.3. The number of nitrogens with zero attached hydrogens (tertiary/aromatic N) is 4.